The van der Waals surface area contributed by atoms with Crippen molar-refractivity contribution in [3.8, 4) is 11.7 Å². The zero-order chi connectivity index (χ0) is 23.5. The minimum absolute atomic E-state index is 0.165. The first-order chi connectivity index (χ1) is 16.7. The number of nitrogens with one attached hydrogen (secondary N) is 1. The number of aromatic nitrogens is 5. The van der Waals surface area contributed by atoms with E-state index in [2.05, 4.69) is 27.3 Å². The molecule has 1 amide bonds. The van der Waals surface area contributed by atoms with Crippen LogP contribution in [0.5, 0.6) is 5.88 Å². The second kappa shape index (κ2) is 9.59. The molecule has 5 rings (SSSR count). The first-order valence-corrected chi connectivity index (χ1v) is 11.8. The van der Waals surface area contributed by atoms with Crippen LogP contribution in [0.4, 0.5) is 0 Å². The number of carbonyl (C=O) groups is 1. The summed E-state index contributed by atoms with van der Waals surface area (Å²) in [5.74, 6) is 1.46. The lowest BCUT2D eigenvalue weighted by Gasteiger charge is -2.12. The third-order valence-corrected chi connectivity index (χ3v) is 5.97. The monoisotopic (exact) mass is 456 g/mol. The molecule has 0 radical (unpaired) electrons. The molecule has 4 aromatic rings. The van der Waals surface area contributed by atoms with Crippen LogP contribution in [0, 0.1) is 6.92 Å². The van der Waals surface area contributed by atoms with Gasteiger partial charge in [0.05, 0.1) is 23.3 Å². The Morgan fingerprint density at radius 2 is 2.03 bits per heavy atom. The summed E-state index contributed by atoms with van der Waals surface area (Å²) in [7, 11) is 0. The highest BCUT2D eigenvalue weighted by Crippen LogP contribution is 2.40. The van der Waals surface area contributed by atoms with Gasteiger partial charge >= 0.3 is 0 Å². The number of nitrogens with zero attached hydrogens (tertiary/aromatic N) is 5. The fourth-order valence-electron chi connectivity index (χ4n) is 3.99. The van der Waals surface area contributed by atoms with E-state index in [4.69, 9.17) is 9.72 Å². The molecule has 0 aromatic carbocycles. The van der Waals surface area contributed by atoms with E-state index in [1.807, 2.05) is 43.3 Å². The molecular formula is C26H28N6O2. The number of pyridine rings is 3. The topological polar surface area (TPSA) is 94.8 Å². The smallest absolute Gasteiger partial charge is 0.252 e. The van der Waals surface area contributed by atoms with Gasteiger partial charge in [0.25, 0.3) is 5.91 Å². The zero-order valence-electron chi connectivity index (χ0n) is 19.5. The maximum atomic E-state index is 13.4. The van der Waals surface area contributed by atoms with Gasteiger partial charge in [-0.05, 0) is 50.5 Å². The predicted molar refractivity (Wildman–Crippen MR) is 129 cm³/mol. The second-order valence-electron chi connectivity index (χ2n) is 8.61. The molecule has 0 aliphatic heterocycles. The van der Waals surface area contributed by atoms with Crippen LogP contribution in [0.3, 0.4) is 0 Å². The average Bonchev–Trinajstić information content (AvgIpc) is 3.67. The molecule has 0 spiro atoms. The van der Waals surface area contributed by atoms with Gasteiger partial charge in [0.1, 0.15) is 0 Å². The number of aryl methyl sites for hydroxylation is 1. The van der Waals surface area contributed by atoms with Crippen LogP contribution >= 0.6 is 0 Å². The molecule has 8 nitrogen and oxygen atoms in total. The van der Waals surface area contributed by atoms with Crippen LogP contribution in [0.2, 0.25) is 0 Å². The van der Waals surface area contributed by atoms with Gasteiger partial charge in [-0.3, -0.25) is 4.79 Å². The molecule has 1 N–H and O–H groups in total. The molecule has 34 heavy (non-hydrogen) atoms. The summed E-state index contributed by atoms with van der Waals surface area (Å²) < 4.78 is 7.55. The van der Waals surface area contributed by atoms with Gasteiger partial charge in [-0.25, -0.2) is 15.0 Å². The Hall–Kier alpha value is -3.81. The van der Waals surface area contributed by atoms with Gasteiger partial charge in [-0.1, -0.05) is 25.5 Å². The van der Waals surface area contributed by atoms with E-state index in [0.717, 1.165) is 48.0 Å². The number of ether oxygens (including phenoxy) is 1. The molecule has 4 heterocycles. The molecule has 0 saturated heterocycles. The van der Waals surface area contributed by atoms with E-state index in [1.165, 1.54) is 0 Å². The number of fused-ring (bicyclic) bond motifs is 1. The fraction of sp³-hybridized carbons (Fsp3) is 0.346. The van der Waals surface area contributed by atoms with Crippen LogP contribution in [0.25, 0.3) is 16.9 Å². The molecule has 1 fully saturated rings. The van der Waals surface area contributed by atoms with E-state index in [9.17, 15) is 4.79 Å². The summed E-state index contributed by atoms with van der Waals surface area (Å²) >= 11 is 0. The number of rotatable bonds is 9. The van der Waals surface area contributed by atoms with Crippen LogP contribution in [-0.4, -0.2) is 37.2 Å². The Kier molecular flexibility index (Phi) is 6.20. The fourth-order valence-corrected chi connectivity index (χ4v) is 3.99. The largest absolute Gasteiger partial charge is 0.477 e. The first kappa shape index (κ1) is 22.0. The Morgan fingerprint density at radius 3 is 2.79 bits per heavy atom. The average molecular weight is 457 g/mol. The molecule has 174 valence electrons. The van der Waals surface area contributed by atoms with Gasteiger partial charge in [-0.15, -0.1) is 0 Å². The van der Waals surface area contributed by atoms with Crippen molar-refractivity contribution in [1.82, 2.24) is 30.0 Å². The van der Waals surface area contributed by atoms with Gasteiger partial charge in [-0.2, -0.15) is 9.78 Å². The summed E-state index contributed by atoms with van der Waals surface area (Å²) in [6.07, 6.45) is 7.61. The normalized spacial score (nSPS) is 13.2. The van der Waals surface area contributed by atoms with Gasteiger partial charge in [0, 0.05) is 36.1 Å². The minimum atomic E-state index is -0.165. The van der Waals surface area contributed by atoms with Crippen molar-refractivity contribution in [1.29, 1.82) is 0 Å². The van der Waals surface area contributed by atoms with Crippen LogP contribution < -0.4 is 10.1 Å². The van der Waals surface area contributed by atoms with E-state index >= 15 is 0 Å². The molecular weight excluding hydrogens is 428 g/mol. The van der Waals surface area contributed by atoms with Crippen molar-refractivity contribution < 1.29 is 9.53 Å². The lowest BCUT2D eigenvalue weighted by Crippen LogP contribution is -2.24. The van der Waals surface area contributed by atoms with Gasteiger partial charge < -0.3 is 10.1 Å². The third-order valence-electron chi connectivity index (χ3n) is 5.97. The Labute approximate surface area is 198 Å². The van der Waals surface area contributed by atoms with Crippen molar-refractivity contribution in [2.24, 2.45) is 0 Å². The third kappa shape index (κ3) is 4.48. The number of hydrogen-bond acceptors (Lipinski definition) is 6. The number of hydrogen-bond donors (Lipinski definition) is 1. The van der Waals surface area contributed by atoms with Crippen LogP contribution in [-0.2, 0) is 6.54 Å². The number of amides is 1. The zero-order valence-corrected chi connectivity index (χ0v) is 19.5. The van der Waals surface area contributed by atoms with E-state index in [1.54, 1.807) is 17.1 Å². The lowest BCUT2D eigenvalue weighted by atomic mass is 10.1. The molecule has 1 aliphatic rings. The second-order valence-corrected chi connectivity index (χ2v) is 8.61. The minimum Gasteiger partial charge on any atom is -0.477 e. The van der Waals surface area contributed by atoms with Crippen molar-refractivity contribution in [2.45, 2.75) is 52.0 Å². The molecule has 0 bridgehead atoms. The summed E-state index contributed by atoms with van der Waals surface area (Å²) in [6.45, 7) is 4.95. The highest BCUT2D eigenvalue weighted by Gasteiger charge is 2.29. The van der Waals surface area contributed by atoms with Gasteiger partial charge in [0.15, 0.2) is 11.5 Å². The molecule has 1 saturated carbocycles. The maximum absolute atomic E-state index is 13.4. The molecule has 4 aromatic heterocycles. The van der Waals surface area contributed by atoms with Gasteiger partial charge in [0.2, 0.25) is 5.88 Å². The maximum Gasteiger partial charge on any atom is 0.252 e. The van der Waals surface area contributed by atoms with E-state index in [0.29, 0.717) is 42.0 Å². The summed E-state index contributed by atoms with van der Waals surface area (Å²) in [5.41, 5.74) is 3.77. The molecule has 0 unspecified atom stereocenters. The van der Waals surface area contributed by atoms with Crippen molar-refractivity contribution >= 4 is 16.9 Å². The van der Waals surface area contributed by atoms with E-state index in [-0.39, 0.29) is 5.91 Å². The number of carbonyl (C=O) groups excluding carboxylic acids is 1. The quantitative estimate of drug-likeness (QED) is 0.373. The van der Waals surface area contributed by atoms with Crippen LogP contribution in [0.15, 0.2) is 48.8 Å². The Morgan fingerprint density at radius 1 is 1.18 bits per heavy atom. The van der Waals surface area contributed by atoms with Crippen LogP contribution in [0.1, 0.15) is 65.8 Å². The first-order valence-electron chi connectivity index (χ1n) is 11.8. The Balaban J connectivity index is 1.47. The molecule has 1 aliphatic carbocycles. The van der Waals surface area contributed by atoms with Crippen molar-refractivity contribution in [3.05, 3.63) is 71.3 Å². The summed E-state index contributed by atoms with van der Waals surface area (Å²) in [4.78, 5) is 27.1. The summed E-state index contributed by atoms with van der Waals surface area (Å²) in [5, 5.41) is 8.49. The highest BCUT2D eigenvalue weighted by atomic mass is 16.5. The number of unbranched alkanes of at least 4 members (excludes halogenated alkanes) is 1. The standard InChI is InChI=1S/C26H28N6O2/c1-3-4-14-34-26-19(8-7-13-28-26)16-29-25(33)20-15-21(18-10-11-18)30-24-23(20)17(2)31-32(24)22-9-5-6-12-27-22/h5-9,12-13,15,18H,3-4,10-11,14,16H2,1-2H3,(H,29,33). The Bertz CT molecular complexity index is 1310. The van der Waals surface area contributed by atoms with Crippen molar-refractivity contribution in [2.75, 3.05) is 6.61 Å². The van der Waals surface area contributed by atoms with E-state index < -0.39 is 0 Å². The molecule has 0 atom stereocenters. The van der Waals surface area contributed by atoms with Crippen molar-refractivity contribution in [3.63, 3.8) is 0 Å². The predicted octanol–water partition coefficient (Wildman–Crippen LogP) is 4.51. The molecule has 8 heteroatoms. The summed E-state index contributed by atoms with van der Waals surface area (Å²) in [6, 6.07) is 11.4. The highest BCUT2D eigenvalue weighted by molar-refractivity contribution is 6.06. The lowest BCUT2D eigenvalue weighted by molar-refractivity contribution is 0.0952. The SMILES string of the molecule is CCCCOc1ncccc1CNC(=O)c1cc(C2CC2)nc2c1c(C)nn2-c1ccccn1.